The summed E-state index contributed by atoms with van der Waals surface area (Å²) in [7, 11) is 1.56. The number of hydrogen-bond donors (Lipinski definition) is 1. The van der Waals surface area contributed by atoms with Gasteiger partial charge in [-0.25, -0.2) is 4.79 Å². The molecule has 3 aromatic rings. The molecule has 7 heteroatoms. The normalized spacial score (nSPS) is 21.4. The SMILES string of the molecule is COc1ccccc1C(=O)NCC1(c2ccccc2)CCC(N2C(=O)CN(Cc3ccccc3)C2=O)CC1. The van der Waals surface area contributed by atoms with Gasteiger partial charge in [-0.1, -0.05) is 72.8 Å². The van der Waals surface area contributed by atoms with Crippen molar-refractivity contribution < 1.29 is 19.1 Å². The van der Waals surface area contributed by atoms with E-state index in [0.29, 0.717) is 37.2 Å². The first kappa shape index (κ1) is 25.5. The molecule has 0 radical (unpaired) electrons. The second kappa shape index (κ2) is 11.1. The number of carbonyl (C=O) groups excluding carboxylic acids is 3. The quantitative estimate of drug-likeness (QED) is 0.442. The Kier molecular flexibility index (Phi) is 7.45. The minimum atomic E-state index is -0.287. The number of imide groups is 1. The van der Waals surface area contributed by atoms with Crippen molar-refractivity contribution in [3.8, 4) is 5.75 Å². The molecule has 38 heavy (non-hydrogen) atoms. The molecule has 1 saturated carbocycles. The van der Waals surface area contributed by atoms with Crippen LogP contribution in [0.25, 0.3) is 0 Å². The molecule has 2 aliphatic rings. The van der Waals surface area contributed by atoms with Crippen molar-refractivity contribution in [2.75, 3.05) is 20.2 Å². The Labute approximate surface area is 223 Å². The van der Waals surface area contributed by atoms with E-state index in [2.05, 4.69) is 17.4 Å². The number of nitrogens with one attached hydrogen (secondary N) is 1. The number of nitrogens with zero attached hydrogens (tertiary/aromatic N) is 2. The predicted molar refractivity (Wildman–Crippen MR) is 145 cm³/mol. The van der Waals surface area contributed by atoms with Crippen molar-refractivity contribution in [1.82, 2.24) is 15.1 Å². The zero-order chi connectivity index (χ0) is 26.5. The van der Waals surface area contributed by atoms with E-state index < -0.39 is 0 Å². The Balaban J connectivity index is 1.29. The highest BCUT2D eigenvalue weighted by molar-refractivity contribution is 6.02. The van der Waals surface area contributed by atoms with E-state index in [1.807, 2.05) is 60.7 Å². The molecular weight excluding hydrogens is 478 g/mol. The summed E-state index contributed by atoms with van der Waals surface area (Å²) in [6, 6.07) is 26.8. The van der Waals surface area contributed by atoms with Crippen LogP contribution in [0.15, 0.2) is 84.9 Å². The van der Waals surface area contributed by atoms with Gasteiger partial charge in [0, 0.05) is 24.5 Å². The van der Waals surface area contributed by atoms with Crippen molar-refractivity contribution in [2.24, 2.45) is 0 Å². The first-order valence-corrected chi connectivity index (χ1v) is 13.1. The van der Waals surface area contributed by atoms with Gasteiger partial charge >= 0.3 is 6.03 Å². The lowest BCUT2D eigenvalue weighted by Gasteiger charge is -2.42. The third-order valence-corrected chi connectivity index (χ3v) is 7.89. The number of benzene rings is 3. The summed E-state index contributed by atoms with van der Waals surface area (Å²) in [5.41, 5.74) is 2.38. The highest BCUT2D eigenvalue weighted by Crippen LogP contribution is 2.41. The van der Waals surface area contributed by atoms with Crippen LogP contribution in [0.2, 0.25) is 0 Å². The van der Waals surface area contributed by atoms with Crippen LogP contribution in [0.5, 0.6) is 5.75 Å². The van der Waals surface area contributed by atoms with Gasteiger partial charge in [0.1, 0.15) is 12.3 Å². The van der Waals surface area contributed by atoms with E-state index in [-0.39, 0.29) is 35.8 Å². The number of urea groups is 1. The van der Waals surface area contributed by atoms with E-state index in [4.69, 9.17) is 4.74 Å². The smallest absolute Gasteiger partial charge is 0.327 e. The van der Waals surface area contributed by atoms with Gasteiger partial charge in [-0.15, -0.1) is 0 Å². The summed E-state index contributed by atoms with van der Waals surface area (Å²) in [5.74, 6) is 0.225. The summed E-state index contributed by atoms with van der Waals surface area (Å²) >= 11 is 0. The number of amides is 4. The maximum Gasteiger partial charge on any atom is 0.327 e. The summed E-state index contributed by atoms with van der Waals surface area (Å²) in [4.78, 5) is 42.4. The van der Waals surface area contributed by atoms with Crippen molar-refractivity contribution >= 4 is 17.8 Å². The highest BCUT2D eigenvalue weighted by Gasteiger charge is 2.45. The van der Waals surface area contributed by atoms with E-state index in [9.17, 15) is 14.4 Å². The molecule has 1 aliphatic heterocycles. The van der Waals surface area contributed by atoms with Gasteiger partial charge in [-0.05, 0) is 48.9 Å². The molecule has 0 unspecified atom stereocenters. The van der Waals surface area contributed by atoms with Crippen molar-refractivity contribution in [2.45, 2.75) is 43.7 Å². The largest absolute Gasteiger partial charge is 0.496 e. The molecule has 4 amide bonds. The zero-order valence-electron chi connectivity index (χ0n) is 21.6. The third-order valence-electron chi connectivity index (χ3n) is 7.89. The average molecular weight is 512 g/mol. The molecule has 0 bridgehead atoms. The lowest BCUT2D eigenvalue weighted by atomic mass is 9.68. The summed E-state index contributed by atoms with van der Waals surface area (Å²) < 4.78 is 5.37. The first-order valence-electron chi connectivity index (χ1n) is 13.1. The minimum absolute atomic E-state index is 0.114. The number of hydrogen-bond acceptors (Lipinski definition) is 4. The van der Waals surface area contributed by atoms with Crippen LogP contribution in [-0.2, 0) is 16.8 Å². The number of para-hydroxylation sites is 1. The number of ether oxygens (including phenoxy) is 1. The molecular formula is C31H33N3O4. The molecule has 1 heterocycles. The Morgan fingerprint density at radius 3 is 2.24 bits per heavy atom. The topological polar surface area (TPSA) is 79.0 Å². The summed E-state index contributed by atoms with van der Waals surface area (Å²) in [5, 5.41) is 3.14. The van der Waals surface area contributed by atoms with Crippen LogP contribution >= 0.6 is 0 Å². The Morgan fingerprint density at radius 1 is 0.921 bits per heavy atom. The fraction of sp³-hybridized carbons (Fsp3) is 0.323. The fourth-order valence-electron chi connectivity index (χ4n) is 5.80. The lowest BCUT2D eigenvalue weighted by molar-refractivity contribution is -0.127. The van der Waals surface area contributed by atoms with E-state index in [1.54, 1.807) is 24.1 Å². The highest BCUT2D eigenvalue weighted by atomic mass is 16.5. The standard InChI is InChI=1S/C31H33N3O4/c1-38-27-15-9-8-14-26(27)29(36)32-22-31(24-12-6-3-7-13-24)18-16-25(17-19-31)34-28(35)21-33(30(34)37)20-23-10-4-2-5-11-23/h2-15,25H,16-22H2,1H3,(H,32,36). The minimum Gasteiger partial charge on any atom is -0.496 e. The molecule has 5 rings (SSSR count). The molecule has 1 N–H and O–H groups in total. The Bertz CT molecular complexity index is 1290. The van der Waals surface area contributed by atoms with Crippen LogP contribution < -0.4 is 10.1 Å². The Hall–Kier alpha value is -4.13. The third kappa shape index (κ3) is 5.14. The van der Waals surface area contributed by atoms with E-state index >= 15 is 0 Å². The number of methoxy groups -OCH3 is 1. The van der Waals surface area contributed by atoms with Gasteiger partial charge in [0.2, 0.25) is 0 Å². The molecule has 1 saturated heterocycles. The van der Waals surface area contributed by atoms with Crippen LogP contribution in [0.4, 0.5) is 4.79 Å². The first-order chi connectivity index (χ1) is 18.5. The van der Waals surface area contributed by atoms with Gasteiger partial charge in [0.15, 0.2) is 0 Å². The van der Waals surface area contributed by atoms with Crippen LogP contribution in [0.3, 0.4) is 0 Å². The second-order valence-corrected chi connectivity index (χ2v) is 10.1. The van der Waals surface area contributed by atoms with Gasteiger partial charge < -0.3 is 15.0 Å². The maximum atomic E-state index is 13.2. The van der Waals surface area contributed by atoms with E-state index in [1.165, 1.54) is 4.90 Å². The van der Waals surface area contributed by atoms with Crippen molar-refractivity contribution in [3.05, 3.63) is 102 Å². The van der Waals surface area contributed by atoms with Crippen LogP contribution in [0.1, 0.15) is 47.2 Å². The average Bonchev–Trinajstić information content (AvgIpc) is 3.25. The molecule has 0 atom stereocenters. The van der Waals surface area contributed by atoms with Gasteiger partial charge in [-0.2, -0.15) is 0 Å². The Morgan fingerprint density at radius 2 is 1.55 bits per heavy atom. The van der Waals surface area contributed by atoms with Crippen molar-refractivity contribution in [3.63, 3.8) is 0 Å². The van der Waals surface area contributed by atoms with Crippen LogP contribution in [-0.4, -0.2) is 53.9 Å². The summed E-state index contributed by atoms with van der Waals surface area (Å²) in [6.07, 6.45) is 2.89. The maximum absolute atomic E-state index is 13.2. The second-order valence-electron chi connectivity index (χ2n) is 10.1. The number of carbonyl (C=O) groups is 3. The van der Waals surface area contributed by atoms with Gasteiger partial charge in [-0.3, -0.25) is 14.5 Å². The van der Waals surface area contributed by atoms with Crippen molar-refractivity contribution in [1.29, 1.82) is 0 Å². The molecule has 0 spiro atoms. The molecule has 7 nitrogen and oxygen atoms in total. The summed E-state index contributed by atoms with van der Waals surface area (Å²) in [6.45, 7) is 1.00. The molecule has 3 aromatic carbocycles. The molecule has 196 valence electrons. The molecule has 2 fully saturated rings. The zero-order valence-corrected chi connectivity index (χ0v) is 21.6. The molecule has 0 aromatic heterocycles. The molecule has 1 aliphatic carbocycles. The number of rotatable bonds is 8. The lowest BCUT2D eigenvalue weighted by Crippen LogP contribution is -2.49. The van der Waals surface area contributed by atoms with Gasteiger partial charge in [0.25, 0.3) is 11.8 Å². The van der Waals surface area contributed by atoms with E-state index in [0.717, 1.165) is 24.0 Å². The predicted octanol–water partition coefficient (Wildman–Crippen LogP) is 4.77. The van der Waals surface area contributed by atoms with Crippen LogP contribution in [0, 0.1) is 0 Å². The fourth-order valence-corrected chi connectivity index (χ4v) is 5.80. The van der Waals surface area contributed by atoms with Gasteiger partial charge in [0.05, 0.1) is 12.7 Å². The monoisotopic (exact) mass is 511 g/mol.